The van der Waals surface area contributed by atoms with Crippen molar-refractivity contribution in [2.75, 3.05) is 26.0 Å². The molecule has 0 radical (unpaired) electrons. The summed E-state index contributed by atoms with van der Waals surface area (Å²) in [6.07, 6.45) is 1.20. The Labute approximate surface area is 171 Å². The molecule has 0 bridgehead atoms. The number of nitrogens with zero attached hydrogens (tertiary/aromatic N) is 3. The zero-order valence-electron chi connectivity index (χ0n) is 16.7. The molecule has 10 nitrogen and oxygen atoms in total. The van der Waals surface area contributed by atoms with Gasteiger partial charge in [-0.2, -0.15) is 0 Å². The molecule has 0 fully saturated rings. The molecule has 3 amide bonds. The summed E-state index contributed by atoms with van der Waals surface area (Å²) in [4.78, 5) is 41.6. The maximum Gasteiger partial charge on any atom is 0.271 e. The molecular weight excluding hydrogens is 395 g/mol. The van der Waals surface area contributed by atoms with Crippen LogP contribution in [-0.4, -0.2) is 54.0 Å². The topological polar surface area (TPSA) is 129 Å². The van der Waals surface area contributed by atoms with Crippen LogP contribution in [0.3, 0.4) is 0 Å². The molecule has 4 N–H and O–H groups in total. The molecule has 2 heterocycles. The van der Waals surface area contributed by atoms with E-state index >= 15 is 0 Å². The zero-order chi connectivity index (χ0) is 22.0. The Morgan fingerprint density at radius 2 is 2.13 bits per heavy atom. The van der Waals surface area contributed by atoms with E-state index < -0.39 is 17.6 Å². The minimum absolute atomic E-state index is 0.0504. The molecule has 0 aromatic heterocycles. The molecule has 3 rings (SSSR count). The van der Waals surface area contributed by atoms with Crippen LogP contribution < -0.4 is 21.2 Å². The van der Waals surface area contributed by atoms with Crippen molar-refractivity contribution < 1.29 is 23.5 Å². The predicted molar refractivity (Wildman–Crippen MR) is 106 cm³/mol. The summed E-state index contributed by atoms with van der Waals surface area (Å²) in [7, 11) is 3.01. The number of carbonyl (C=O) groups is 3. The number of ether oxygens (including phenoxy) is 1. The van der Waals surface area contributed by atoms with Crippen LogP contribution in [0.15, 0.2) is 46.6 Å². The molecule has 0 saturated heterocycles. The molecule has 2 aliphatic heterocycles. The maximum atomic E-state index is 13.9. The molecule has 1 aromatic carbocycles. The van der Waals surface area contributed by atoms with Gasteiger partial charge in [-0.1, -0.05) is 6.07 Å². The number of hydrazine groups is 1. The number of hydrogen-bond donors (Lipinski definition) is 3. The van der Waals surface area contributed by atoms with Gasteiger partial charge in [-0.25, -0.2) is 15.2 Å². The Balaban J connectivity index is 1.79. The fraction of sp³-hybridized carbons (Fsp3) is 0.263. The van der Waals surface area contributed by atoms with Crippen LogP contribution in [0.2, 0.25) is 0 Å². The van der Waals surface area contributed by atoms with E-state index in [1.165, 1.54) is 25.1 Å². The largest absolute Gasteiger partial charge is 0.482 e. The van der Waals surface area contributed by atoms with Crippen LogP contribution in [0.5, 0.6) is 5.75 Å². The first-order valence-electron chi connectivity index (χ1n) is 8.94. The second-order valence-corrected chi connectivity index (χ2v) is 6.80. The Kier molecular flexibility index (Phi) is 5.83. The highest BCUT2D eigenvalue weighted by Gasteiger charge is 2.28. The van der Waals surface area contributed by atoms with E-state index in [0.29, 0.717) is 17.0 Å². The van der Waals surface area contributed by atoms with Crippen LogP contribution >= 0.6 is 0 Å². The van der Waals surface area contributed by atoms with Gasteiger partial charge in [-0.15, -0.1) is 0 Å². The summed E-state index contributed by atoms with van der Waals surface area (Å²) in [5.74, 6) is 3.86. The Hall–Kier alpha value is -3.73. The minimum Gasteiger partial charge on any atom is -0.482 e. The lowest BCUT2D eigenvalue weighted by atomic mass is 10.1. The van der Waals surface area contributed by atoms with E-state index in [4.69, 9.17) is 10.6 Å². The molecule has 0 saturated carbocycles. The zero-order valence-corrected chi connectivity index (χ0v) is 16.7. The average Bonchev–Trinajstić information content (AvgIpc) is 2.70. The number of anilines is 1. The van der Waals surface area contributed by atoms with Crippen molar-refractivity contribution in [2.24, 2.45) is 10.8 Å². The summed E-state index contributed by atoms with van der Waals surface area (Å²) >= 11 is 0. The SMILES string of the molecule is C/C(F)=C1/N=C(C(=O)NCc2ccc3c(c2)NC(=O)CO3)C=C(C(=O)N(C)C)N1N. The van der Waals surface area contributed by atoms with Gasteiger partial charge < -0.3 is 20.3 Å². The molecule has 2 aliphatic rings. The lowest BCUT2D eigenvalue weighted by Crippen LogP contribution is -2.42. The Morgan fingerprint density at radius 1 is 1.40 bits per heavy atom. The van der Waals surface area contributed by atoms with Crippen LogP contribution in [0.1, 0.15) is 12.5 Å². The Morgan fingerprint density at radius 3 is 2.80 bits per heavy atom. The van der Waals surface area contributed by atoms with Gasteiger partial charge in [0.1, 0.15) is 23.0 Å². The number of allylic oxidation sites excluding steroid dienone is 1. The van der Waals surface area contributed by atoms with E-state index in [2.05, 4.69) is 15.6 Å². The molecule has 0 atom stereocenters. The lowest BCUT2D eigenvalue weighted by molar-refractivity contribution is -0.126. The standard InChI is InChI=1S/C19H21FN6O4/c1-10(20)17-24-13(7-14(26(17)21)19(29)25(2)3)18(28)22-8-11-4-5-15-12(6-11)23-16(27)9-30-15/h4-7H,8-9,21H2,1-3H3,(H,22,28)(H,23,27)/b17-10+. The van der Waals surface area contributed by atoms with Crippen molar-refractivity contribution in [3.8, 4) is 5.75 Å². The summed E-state index contributed by atoms with van der Waals surface area (Å²) in [6, 6.07) is 5.08. The van der Waals surface area contributed by atoms with Gasteiger partial charge in [0.25, 0.3) is 17.7 Å². The van der Waals surface area contributed by atoms with Crippen molar-refractivity contribution in [3.63, 3.8) is 0 Å². The third kappa shape index (κ3) is 4.30. The number of benzene rings is 1. The smallest absolute Gasteiger partial charge is 0.271 e. The second kappa shape index (κ2) is 8.33. The first-order chi connectivity index (χ1) is 14.2. The average molecular weight is 416 g/mol. The highest BCUT2D eigenvalue weighted by Crippen LogP contribution is 2.28. The van der Waals surface area contributed by atoms with Gasteiger partial charge in [0.05, 0.1) is 5.69 Å². The highest BCUT2D eigenvalue weighted by molar-refractivity contribution is 6.44. The number of hydrogen-bond acceptors (Lipinski definition) is 7. The van der Waals surface area contributed by atoms with Crippen LogP contribution in [0.25, 0.3) is 0 Å². The van der Waals surface area contributed by atoms with Crippen LogP contribution in [0.4, 0.5) is 10.1 Å². The maximum absolute atomic E-state index is 13.9. The molecule has 1 aromatic rings. The number of likely N-dealkylation sites (N-methyl/N-ethyl adjacent to an activating group) is 1. The van der Waals surface area contributed by atoms with E-state index in [0.717, 1.165) is 11.9 Å². The number of halogens is 1. The number of aliphatic imine (C=N–C) groups is 1. The molecule has 0 spiro atoms. The molecule has 0 aliphatic carbocycles. The normalized spacial score (nSPS) is 17.1. The summed E-state index contributed by atoms with van der Waals surface area (Å²) < 4.78 is 19.2. The van der Waals surface area contributed by atoms with E-state index in [-0.39, 0.29) is 36.3 Å². The highest BCUT2D eigenvalue weighted by atomic mass is 19.1. The Bertz CT molecular complexity index is 1010. The summed E-state index contributed by atoms with van der Waals surface area (Å²) in [6.45, 7) is 1.18. The third-order valence-corrected chi connectivity index (χ3v) is 4.28. The van der Waals surface area contributed by atoms with Gasteiger partial charge in [0.2, 0.25) is 0 Å². The third-order valence-electron chi connectivity index (χ3n) is 4.28. The van der Waals surface area contributed by atoms with Gasteiger partial charge in [-0.05, 0) is 24.6 Å². The number of fused-ring (bicyclic) bond motifs is 1. The second-order valence-electron chi connectivity index (χ2n) is 6.80. The fourth-order valence-corrected chi connectivity index (χ4v) is 2.78. The summed E-state index contributed by atoms with van der Waals surface area (Å²) in [5, 5.41) is 6.14. The first-order valence-corrected chi connectivity index (χ1v) is 8.94. The fourth-order valence-electron chi connectivity index (χ4n) is 2.78. The van der Waals surface area contributed by atoms with Crippen molar-refractivity contribution in [1.82, 2.24) is 15.2 Å². The minimum atomic E-state index is -0.745. The van der Waals surface area contributed by atoms with Crippen molar-refractivity contribution in [1.29, 1.82) is 0 Å². The monoisotopic (exact) mass is 416 g/mol. The van der Waals surface area contributed by atoms with Gasteiger partial charge >= 0.3 is 0 Å². The molecule has 158 valence electrons. The van der Waals surface area contributed by atoms with Crippen molar-refractivity contribution in [2.45, 2.75) is 13.5 Å². The van der Waals surface area contributed by atoms with Crippen LogP contribution in [-0.2, 0) is 20.9 Å². The summed E-state index contributed by atoms with van der Waals surface area (Å²) in [5.41, 5.74) is 0.934. The van der Waals surface area contributed by atoms with Crippen LogP contribution in [0, 0.1) is 0 Å². The number of amides is 3. The molecule has 11 heteroatoms. The van der Waals surface area contributed by atoms with Gasteiger partial charge in [0, 0.05) is 26.7 Å². The number of rotatable bonds is 4. The van der Waals surface area contributed by atoms with Crippen molar-refractivity contribution in [3.05, 3.63) is 47.2 Å². The van der Waals surface area contributed by atoms with Crippen molar-refractivity contribution >= 4 is 29.1 Å². The van der Waals surface area contributed by atoms with Gasteiger partial charge in [-0.3, -0.25) is 19.4 Å². The number of nitrogens with one attached hydrogen (secondary N) is 2. The number of carbonyl (C=O) groups excluding carboxylic acids is 3. The molecule has 0 unspecified atom stereocenters. The van der Waals surface area contributed by atoms with E-state index in [1.54, 1.807) is 18.2 Å². The van der Waals surface area contributed by atoms with E-state index in [1.807, 2.05) is 0 Å². The molecular formula is C19H21FN6O4. The lowest BCUT2D eigenvalue weighted by Gasteiger charge is -2.27. The first kappa shape index (κ1) is 21.0. The quantitative estimate of drug-likeness (QED) is 0.609. The number of nitrogens with two attached hydrogens (primary N) is 1. The predicted octanol–water partition coefficient (Wildman–Crippen LogP) is 0.395. The molecule has 30 heavy (non-hydrogen) atoms. The van der Waals surface area contributed by atoms with E-state index in [9.17, 15) is 18.8 Å². The van der Waals surface area contributed by atoms with Gasteiger partial charge in [0.15, 0.2) is 12.4 Å².